The number of hydrogen-bond acceptors (Lipinski definition) is 9. The number of primary amides is 1. The molecule has 10 nitrogen and oxygen atoms in total. The summed E-state index contributed by atoms with van der Waals surface area (Å²) in [6, 6.07) is 7.32. The van der Waals surface area contributed by atoms with Gasteiger partial charge in [0.1, 0.15) is 0 Å². The van der Waals surface area contributed by atoms with E-state index >= 15 is 0 Å². The number of carbonyl (C=O) groups excluding carboxylic acids is 1. The van der Waals surface area contributed by atoms with Crippen molar-refractivity contribution in [3.05, 3.63) is 35.2 Å². The lowest BCUT2D eigenvalue weighted by Crippen LogP contribution is -2.53. The number of ether oxygens (including phenoxy) is 1. The summed E-state index contributed by atoms with van der Waals surface area (Å²) < 4.78 is 5.51. The van der Waals surface area contributed by atoms with E-state index < -0.39 is 5.91 Å². The van der Waals surface area contributed by atoms with Crippen molar-refractivity contribution >= 4 is 28.9 Å². The number of piperazine rings is 1. The Kier molecular flexibility index (Phi) is 9.07. The molecule has 0 unspecified atom stereocenters. The summed E-state index contributed by atoms with van der Waals surface area (Å²) in [6.07, 6.45) is 4.37. The van der Waals surface area contributed by atoms with Gasteiger partial charge in [-0.1, -0.05) is 13.8 Å². The van der Waals surface area contributed by atoms with Gasteiger partial charge in [-0.05, 0) is 82.4 Å². The third-order valence-electron chi connectivity index (χ3n) is 8.58. The Morgan fingerprint density at radius 3 is 2.33 bits per heavy atom. The van der Waals surface area contributed by atoms with Gasteiger partial charge in [-0.2, -0.15) is 0 Å². The summed E-state index contributed by atoms with van der Waals surface area (Å²) in [5.41, 5.74) is 9.97. The Morgan fingerprint density at radius 1 is 1.00 bits per heavy atom. The molecule has 0 aliphatic carbocycles. The molecule has 10 heteroatoms. The van der Waals surface area contributed by atoms with E-state index in [1.54, 1.807) is 0 Å². The predicted molar refractivity (Wildman–Crippen MR) is 161 cm³/mol. The second-order valence-electron chi connectivity index (χ2n) is 11.9. The van der Waals surface area contributed by atoms with Crippen molar-refractivity contribution in [2.75, 3.05) is 75.1 Å². The van der Waals surface area contributed by atoms with Crippen LogP contribution in [0.25, 0.3) is 0 Å². The number of rotatable bonds is 8. The van der Waals surface area contributed by atoms with Crippen LogP contribution in [-0.2, 0) is 4.74 Å². The Morgan fingerprint density at radius 2 is 1.70 bits per heavy atom. The Hall–Kier alpha value is -2.95. The molecule has 3 saturated heterocycles. The average molecular weight is 551 g/mol. The number of aromatic nitrogens is 2. The number of hydrogen-bond donors (Lipinski definition) is 3. The standard InChI is InChI=1S/C30H46N8O2/c1-20(2)26-29(32-22-9-17-40-18-10-22)35-30(27(34-26)28(31)39)33-23-5-6-25(21(3)19-23)38-15-13-37(14-16-38)24-7-11-36(4)12-8-24/h5-6,19-20,22,24H,7-18H2,1-4H3,(H2,31,39)(H2,32,33,35). The zero-order chi connectivity index (χ0) is 28.2. The molecule has 3 aliphatic rings. The van der Waals surface area contributed by atoms with Crippen molar-refractivity contribution in [1.82, 2.24) is 19.8 Å². The fraction of sp³-hybridized carbons (Fsp3) is 0.633. The van der Waals surface area contributed by atoms with Gasteiger partial charge in [0.05, 0.1) is 5.69 Å². The molecular weight excluding hydrogens is 504 g/mol. The molecule has 0 atom stereocenters. The first-order valence-electron chi connectivity index (χ1n) is 14.9. The Bertz CT molecular complexity index is 1170. The van der Waals surface area contributed by atoms with E-state index in [2.05, 4.69) is 62.5 Å². The molecule has 4 N–H and O–H groups in total. The molecule has 4 heterocycles. The van der Waals surface area contributed by atoms with Crippen molar-refractivity contribution in [3.8, 4) is 0 Å². The second kappa shape index (κ2) is 12.7. The largest absolute Gasteiger partial charge is 0.381 e. The Labute approximate surface area is 238 Å². The first-order valence-corrected chi connectivity index (χ1v) is 14.9. The van der Waals surface area contributed by atoms with Crippen LogP contribution < -0.4 is 21.3 Å². The van der Waals surface area contributed by atoms with Crippen LogP contribution in [-0.4, -0.2) is 97.3 Å². The number of amides is 1. The molecule has 1 amide bonds. The van der Waals surface area contributed by atoms with Crippen LogP contribution in [0.5, 0.6) is 0 Å². The van der Waals surface area contributed by atoms with Crippen LogP contribution in [0.15, 0.2) is 18.2 Å². The molecule has 0 spiro atoms. The molecule has 40 heavy (non-hydrogen) atoms. The lowest BCUT2D eigenvalue weighted by Gasteiger charge is -2.43. The number of benzene rings is 1. The highest BCUT2D eigenvalue weighted by atomic mass is 16.5. The number of anilines is 4. The smallest absolute Gasteiger partial charge is 0.271 e. The van der Waals surface area contributed by atoms with Gasteiger partial charge in [-0.15, -0.1) is 0 Å². The van der Waals surface area contributed by atoms with Gasteiger partial charge in [0.25, 0.3) is 5.91 Å². The maximum absolute atomic E-state index is 12.4. The van der Waals surface area contributed by atoms with E-state index in [-0.39, 0.29) is 17.7 Å². The predicted octanol–water partition coefficient (Wildman–Crippen LogP) is 3.56. The molecule has 2 aromatic rings. The number of aryl methyl sites for hydroxylation is 1. The third-order valence-corrected chi connectivity index (χ3v) is 8.58. The van der Waals surface area contributed by atoms with Gasteiger partial charge in [-0.25, -0.2) is 9.97 Å². The van der Waals surface area contributed by atoms with Gasteiger partial charge < -0.3 is 30.9 Å². The second-order valence-corrected chi connectivity index (χ2v) is 11.9. The number of piperidine rings is 1. The van der Waals surface area contributed by atoms with Gasteiger partial charge in [0.15, 0.2) is 17.3 Å². The maximum Gasteiger partial charge on any atom is 0.271 e. The number of nitrogens with two attached hydrogens (primary N) is 1. The number of nitrogens with one attached hydrogen (secondary N) is 2. The van der Waals surface area contributed by atoms with Crippen LogP contribution in [0, 0.1) is 6.92 Å². The summed E-state index contributed by atoms with van der Waals surface area (Å²) in [6.45, 7) is 14.4. The average Bonchev–Trinajstić information content (AvgIpc) is 2.94. The topological polar surface area (TPSA) is 112 Å². The van der Waals surface area contributed by atoms with Crippen molar-refractivity contribution in [2.45, 2.75) is 64.5 Å². The monoisotopic (exact) mass is 550 g/mol. The highest BCUT2D eigenvalue weighted by Crippen LogP contribution is 2.31. The molecule has 1 aromatic heterocycles. The third kappa shape index (κ3) is 6.67. The highest BCUT2D eigenvalue weighted by Gasteiger charge is 2.27. The zero-order valence-corrected chi connectivity index (χ0v) is 24.6. The summed E-state index contributed by atoms with van der Waals surface area (Å²) in [5, 5.41) is 6.91. The molecule has 0 bridgehead atoms. The van der Waals surface area contributed by atoms with Crippen molar-refractivity contribution in [2.24, 2.45) is 5.73 Å². The van der Waals surface area contributed by atoms with Crippen molar-refractivity contribution < 1.29 is 9.53 Å². The van der Waals surface area contributed by atoms with Crippen LogP contribution in [0.4, 0.5) is 23.0 Å². The number of carbonyl (C=O) groups is 1. The maximum atomic E-state index is 12.4. The minimum atomic E-state index is -0.592. The van der Waals surface area contributed by atoms with Crippen LogP contribution >= 0.6 is 0 Å². The number of likely N-dealkylation sites (tertiary alicyclic amines) is 1. The van der Waals surface area contributed by atoms with E-state index in [1.807, 2.05) is 13.8 Å². The fourth-order valence-electron chi connectivity index (χ4n) is 6.16. The molecular formula is C30H46N8O2. The summed E-state index contributed by atoms with van der Waals surface area (Å²) in [4.78, 5) is 29.6. The minimum Gasteiger partial charge on any atom is -0.381 e. The normalized spacial score (nSPS) is 20.2. The number of nitrogens with zero attached hydrogens (tertiary/aromatic N) is 5. The molecule has 0 radical (unpaired) electrons. The molecule has 0 saturated carbocycles. The fourth-order valence-corrected chi connectivity index (χ4v) is 6.16. The summed E-state index contributed by atoms with van der Waals surface area (Å²) in [5.74, 6) is 0.573. The van der Waals surface area contributed by atoms with Gasteiger partial charge in [-0.3, -0.25) is 9.69 Å². The minimum absolute atomic E-state index is 0.0865. The van der Waals surface area contributed by atoms with Gasteiger partial charge in [0, 0.05) is 62.9 Å². The van der Waals surface area contributed by atoms with Crippen molar-refractivity contribution in [3.63, 3.8) is 0 Å². The van der Waals surface area contributed by atoms with E-state index in [4.69, 9.17) is 15.5 Å². The summed E-state index contributed by atoms with van der Waals surface area (Å²) >= 11 is 0. The molecule has 3 aliphatic heterocycles. The van der Waals surface area contributed by atoms with E-state index in [0.717, 1.165) is 69.7 Å². The zero-order valence-electron chi connectivity index (χ0n) is 24.6. The Balaban J connectivity index is 1.30. The van der Waals surface area contributed by atoms with E-state index in [0.29, 0.717) is 11.6 Å². The molecule has 3 fully saturated rings. The first-order chi connectivity index (χ1) is 19.3. The lowest BCUT2D eigenvalue weighted by atomic mass is 10.0. The van der Waals surface area contributed by atoms with Gasteiger partial charge >= 0.3 is 0 Å². The highest BCUT2D eigenvalue weighted by molar-refractivity contribution is 5.96. The molecule has 1 aromatic carbocycles. The van der Waals surface area contributed by atoms with Crippen LogP contribution in [0.2, 0.25) is 0 Å². The van der Waals surface area contributed by atoms with Gasteiger partial charge in [0.2, 0.25) is 0 Å². The first kappa shape index (κ1) is 28.6. The van der Waals surface area contributed by atoms with E-state index in [9.17, 15) is 4.79 Å². The van der Waals surface area contributed by atoms with Crippen LogP contribution in [0.3, 0.4) is 0 Å². The quantitative estimate of drug-likeness (QED) is 0.454. The van der Waals surface area contributed by atoms with Crippen LogP contribution in [0.1, 0.15) is 67.2 Å². The molecule has 218 valence electrons. The lowest BCUT2D eigenvalue weighted by molar-refractivity contribution is 0.0903. The molecule has 5 rings (SSSR count). The van der Waals surface area contributed by atoms with E-state index in [1.165, 1.54) is 37.2 Å². The SMILES string of the molecule is Cc1cc(Nc2nc(NC3CCOCC3)c(C(C)C)nc2C(N)=O)ccc1N1CCN(C2CCN(C)CC2)CC1. The summed E-state index contributed by atoms with van der Waals surface area (Å²) in [7, 11) is 2.22. The van der Waals surface area contributed by atoms with Crippen molar-refractivity contribution in [1.29, 1.82) is 0 Å².